The van der Waals surface area contributed by atoms with Crippen molar-refractivity contribution < 1.29 is 4.74 Å². The highest BCUT2D eigenvalue weighted by Crippen LogP contribution is 2.43. The number of nitrogens with zero attached hydrogens (tertiary/aromatic N) is 3. The van der Waals surface area contributed by atoms with Crippen LogP contribution in [0.15, 0.2) is 85.2 Å². The smallest absolute Gasteiger partial charge is 0.174 e. The summed E-state index contributed by atoms with van der Waals surface area (Å²) in [5.74, 6) is 0.815. The molecule has 2 aromatic carbocycles. The van der Waals surface area contributed by atoms with E-state index >= 15 is 0 Å². The number of anilines is 1. The molecule has 5 nitrogen and oxygen atoms in total. The first-order valence-electron chi connectivity index (χ1n) is 11.0. The van der Waals surface area contributed by atoms with E-state index in [4.69, 9.17) is 17.0 Å². The summed E-state index contributed by atoms with van der Waals surface area (Å²) < 4.78 is 7.86. The number of pyridine rings is 1. The summed E-state index contributed by atoms with van der Waals surface area (Å²) >= 11 is 5.89. The summed E-state index contributed by atoms with van der Waals surface area (Å²) in [5.41, 5.74) is 6.58. The minimum Gasteiger partial charge on any atom is -0.495 e. The standard InChI is InChI=1S/C27H26N4OS/c1-18-13-14-20(17-19(18)2)31-26(25(29-27(31)33)21-9-6-7-15-28-21)23-11-8-16-30(23)22-10-4-5-12-24(22)32-3/h4-17,25-26H,1-3H3,(H,29,33)/t25-,26-/m1/s1. The fourth-order valence-electron chi connectivity index (χ4n) is 4.49. The molecule has 1 aliphatic heterocycles. The number of rotatable bonds is 5. The third-order valence-electron chi connectivity index (χ3n) is 6.29. The van der Waals surface area contributed by atoms with E-state index in [9.17, 15) is 0 Å². The van der Waals surface area contributed by atoms with Gasteiger partial charge in [-0.25, -0.2) is 0 Å². The van der Waals surface area contributed by atoms with Crippen LogP contribution in [0.4, 0.5) is 5.69 Å². The minimum atomic E-state index is -0.108. The first-order valence-corrected chi connectivity index (χ1v) is 11.4. The highest BCUT2D eigenvalue weighted by Gasteiger charge is 2.42. The van der Waals surface area contributed by atoms with Crippen molar-refractivity contribution in [2.24, 2.45) is 0 Å². The Labute approximate surface area is 199 Å². The Balaban J connectivity index is 1.69. The van der Waals surface area contributed by atoms with E-state index in [2.05, 4.69) is 76.2 Å². The van der Waals surface area contributed by atoms with Crippen LogP contribution in [0.2, 0.25) is 0 Å². The van der Waals surface area contributed by atoms with Crippen LogP contribution in [0.5, 0.6) is 5.75 Å². The van der Waals surface area contributed by atoms with Crippen molar-refractivity contribution in [2.75, 3.05) is 12.0 Å². The highest BCUT2D eigenvalue weighted by atomic mass is 32.1. The number of hydrogen-bond acceptors (Lipinski definition) is 3. The molecular weight excluding hydrogens is 428 g/mol. The number of ether oxygens (including phenoxy) is 1. The Morgan fingerprint density at radius 3 is 2.52 bits per heavy atom. The molecule has 1 aliphatic rings. The van der Waals surface area contributed by atoms with Crippen molar-refractivity contribution >= 4 is 23.0 Å². The van der Waals surface area contributed by atoms with Gasteiger partial charge in [0.15, 0.2) is 5.11 Å². The van der Waals surface area contributed by atoms with Crippen LogP contribution in [0.1, 0.15) is 34.6 Å². The summed E-state index contributed by atoms with van der Waals surface area (Å²) in [6, 6.07) is 24.6. The molecule has 166 valence electrons. The second kappa shape index (κ2) is 8.71. The van der Waals surface area contributed by atoms with Gasteiger partial charge in [0.05, 0.1) is 24.5 Å². The van der Waals surface area contributed by atoms with Crippen LogP contribution < -0.4 is 15.0 Å². The van der Waals surface area contributed by atoms with Gasteiger partial charge >= 0.3 is 0 Å². The molecule has 33 heavy (non-hydrogen) atoms. The average Bonchev–Trinajstić information content (AvgIpc) is 3.45. The Hall–Kier alpha value is -3.64. The summed E-state index contributed by atoms with van der Waals surface area (Å²) in [5, 5.41) is 4.24. The van der Waals surface area contributed by atoms with E-state index in [1.54, 1.807) is 7.11 Å². The predicted molar refractivity (Wildman–Crippen MR) is 136 cm³/mol. The third-order valence-corrected chi connectivity index (χ3v) is 6.61. The molecule has 1 saturated heterocycles. The SMILES string of the molecule is COc1ccccc1-n1cccc1[C@@H]1[C@@H](c2ccccn2)NC(=S)N1c1ccc(C)c(C)c1. The Morgan fingerprint density at radius 1 is 0.939 bits per heavy atom. The lowest BCUT2D eigenvalue weighted by atomic mass is 10.00. The lowest BCUT2D eigenvalue weighted by Gasteiger charge is -2.29. The number of nitrogens with one attached hydrogen (secondary N) is 1. The molecule has 1 fully saturated rings. The number of thiocarbonyl (C=S) groups is 1. The van der Waals surface area contributed by atoms with Crippen molar-refractivity contribution in [3.8, 4) is 11.4 Å². The number of benzene rings is 2. The van der Waals surface area contributed by atoms with Crippen LogP contribution in [0.25, 0.3) is 5.69 Å². The molecule has 0 saturated carbocycles. The zero-order valence-corrected chi connectivity index (χ0v) is 19.7. The maximum absolute atomic E-state index is 5.89. The van der Waals surface area contributed by atoms with Gasteiger partial charge in [-0.1, -0.05) is 24.3 Å². The van der Waals surface area contributed by atoms with Gasteiger partial charge in [-0.2, -0.15) is 0 Å². The van der Waals surface area contributed by atoms with Crippen LogP contribution in [-0.2, 0) is 0 Å². The second-order valence-corrected chi connectivity index (χ2v) is 8.63. The molecule has 0 aliphatic carbocycles. The molecule has 6 heteroatoms. The molecular formula is C27H26N4OS. The lowest BCUT2D eigenvalue weighted by Crippen LogP contribution is -2.30. The molecule has 2 atom stereocenters. The van der Waals surface area contributed by atoms with E-state index in [0.717, 1.165) is 28.5 Å². The van der Waals surface area contributed by atoms with Crippen LogP contribution in [-0.4, -0.2) is 21.8 Å². The Morgan fingerprint density at radius 2 is 1.76 bits per heavy atom. The maximum atomic E-state index is 5.89. The first kappa shape index (κ1) is 21.2. The van der Waals surface area contributed by atoms with Crippen LogP contribution in [0.3, 0.4) is 0 Å². The van der Waals surface area contributed by atoms with Crippen LogP contribution >= 0.6 is 12.2 Å². The number of aromatic nitrogens is 2. The van der Waals surface area contributed by atoms with E-state index in [-0.39, 0.29) is 12.1 Å². The van der Waals surface area contributed by atoms with Crippen molar-refractivity contribution in [2.45, 2.75) is 25.9 Å². The molecule has 0 radical (unpaired) electrons. The highest BCUT2D eigenvalue weighted by molar-refractivity contribution is 7.80. The van der Waals surface area contributed by atoms with Crippen molar-refractivity contribution in [3.05, 3.63) is 108 Å². The summed E-state index contributed by atoms with van der Waals surface area (Å²) in [4.78, 5) is 6.88. The molecule has 4 aromatic rings. The average molecular weight is 455 g/mol. The topological polar surface area (TPSA) is 42.3 Å². The van der Waals surface area contributed by atoms with Crippen molar-refractivity contribution in [3.63, 3.8) is 0 Å². The number of aryl methyl sites for hydroxylation is 2. The summed E-state index contributed by atoms with van der Waals surface area (Å²) in [6.07, 6.45) is 3.90. The van der Waals surface area contributed by atoms with Gasteiger partial charge in [0.25, 0.3) is 0 Å². The van der Waals surface area contributed by atoms with Gasteiger partial charge in [-0.05, 0) is 85.7 Å². The lowest BCUT2D eigenvalue weighted by molar-refractivity contribution is 0.412. The zero-order chi connectivity index (χ0) is 22.9. The second-order valence-electron chi connectivity index (χ2n) is 8.24. The van der Waals surface area contributed by atoms with E-state index in [1.165, 1.54) is 11.1 Å². The largest absolute Gasteiger partial charge is 0.495 e. The van der Waals surface area contributed by atoms with Gasteiger partial charge in [-0.15, -0.1) is 0 Å². The van der Waals surface area contributed by atoms with Gasteiger partial charge in [-0.3, -0.25) is 4.98 Å². The first-order chi connectivity index (χ1) is 16.1. The molecule has 2 aromatic heterocycles. The van der Waals surface area contributed by atoms with Crippen molar-refractivity contribution in [1.82, 2.24) is 14.9 Å². The molecule has 3 heterocycles. The van der Waals surface area contributed by atoms with Crippen LogP contribution in [0, 0.1) is 13.8 Å². The maximum Gasteiger partial charge on any atom is 0.174 e. The molecule has 0 unspecified atom stereocenters. The fourth-order valence-corrected chi connectivity index (χ4v) is 4.84. The number of methoxy groups -OCH3 is 1. The van der Waals surface area contributed by atoms with E-state index in [1.807, 2.05) is 42.6 Å². The Bertz CT molecular complexity index is 1300. The molecule has 1 N–H and O–H groups in total. The summed E-state index contributed by atoms with van der Waals surface area (Å²) in [7, 11) is 1.70. The van der Waals surface area contributed by atoms with Gasteiger partial charge < -0.3 is 19.5 Å². The molecule has 0 bridgehead atoms. The van der Waals surface area contributed by atoms with Gasteiger partial charge in [0.2, 0.25) is 0 Å². The van der Waals surface area contributed by atoms with Gasteiger partial charge in [0, 0.05) is 23.8 Å². The number of hydrogen-bond donors (Lipinski definition) is 1. The third kappa shape index (κ3) is 3.76. The minimum absolute atomic E-state index is 0.102. The van der Waals surface area contributed by atoms with E-state index < -0.39 is 0 Å². The Kier molecular flexibility index (Phi) is 5.60. The molecule has 0 spiro atoms. The van der Waals surface area contributed by atoms with E-state index in [0.29, 0.717) is 5.11 Å². The zero-order valence-electron chi connectivity index (χ0n) is 18.9. The monoisotopic (exact) mass is 454 g/mol. The molecule has 5 rings (SSSR count). The summed E-state index contributed by atoms with van der Waals surface area (Å²) in [6.45, 7) is 4.26. The fraction of sp³-hybridized carbons (Fsp3) is 0.185. The molecule has 0 amide bonds. The predicted octanol–water partition coefficient (Wildman–Crippen LogP) is 5.67. The normalized spacial score (nSPS) is 17.8. The van der Waals surface area contributed by atoms with Crippen molar-refractivity contribution in [1.29, 1.82) is 0 Å². The number of para-hydroxylation sites is 2. The quantitative estimate of drug-likeness (QED) is 0.393. The van der Waals surface area contributed by atoms with Gasteiger partial charge in [0.1, 0.15) is 11.8 Å².